The average molecular weight is 461 g/mol. The second-order valence-corrected chi connectivity index (χ2v) is 8.76. The van der Waals surface area contributed by atoms with Crippen molar-refractivity contribution in [2.45, 2.75) is 19.9 Å². The first-order chi connectivity index (χ1) is 17.1. The molecule has 1 aliphatic heterocycles. The third-order valence-electron chi connectivity index (χ3n) is 6.13. The third-order valence-corrected chi connectivity index (χ3v) is 6.13. The van der Waals surface area contributed by atoms with Crippen molar-refractivity contribution >= 4 is 23.4 Å². The summed E-state index contributed by atoms with van der Waals surface area (Å²) in [5.74, 6) is 0.705. The van der Waals surface area contributed by atoms with Crippen molar-refractivity contribution in [3.63, 3.8) is 0 Å². The Kier molecular flexibility index (Phi) is 6.62. The molecule has 35 heavy (non-hydrogen) atoms. The summed E-state index contributed by atoms with van der Waals surface area (Å²) < 4.78 is 5.93. The monoisotopic (exact) mass is 460 g/mol. The Morgan fingerprint density at radius 2 is 1.57 bits per heavy atom. The van der Waals surface area contributed by atoms with Crippen molar-refractivity contribution in [3.05, 3.63) is 119 Å². The zero-order valence-electron chi connectivity index (χ0n) is 19.8. The molecular formula is C31H28N2O2. The lowest BCUT2D eigenvalue weighted by atomic mass is 10.00. The SMILES string of the molecule is Cc1ccc(-c2ccc3c(c2)C=C(C(=O)Nc2ccc(CNc4ccccc4)cc2)CCO3)cc1. The minimum atomic E-state index is -0.0997. The molecular weight excluding hydrogens is 432 g/mol. The second-order valence-electron chi connectivity index (χ2n) is 8.76. The minimum Gasteiger partial charge on any atom is -0.493 e. The number of hydrogen-bond donors (Lipinski definition) is 2. The molecule has 1 heterocycles. The van der Waals surface area contributed by atoms with Gasteiger partial charge in [-0.15, -0.1) is 0 Å². The van der Waals surface area contributed by atoms with Gasteiger partial charge in [0.15, 0.2) is 0 Å². The van der Waals surface area contributed by atoms with Crippen LogP contribution in [0.15, 0.2) is 103 Å². The van der Waals surface area contributed by atoms with Crippen LogP contribution < -0.4 is 15.4 Å². The first-order valence-electron chi connectivity index (χ1n) is 11.9. The fourth-order valence-electron chi connectivity index (χ4n) is 4.11. The largest absolute Gasteiger partial charge is 0.493 e. The van der Waals surface area contributed by atoms with Crippen LogP contribution in [-0.2, 0) is 11.3 Å². The Morgan fingerprint density at radius 1 is 0.829 bits per heavy atom. The fourth-order valence-corrected chi connectivity index (χ4v) is 4.11. The lowest BCUT2D eigenvalue weighted by Crippen LogP contribution is -2.15. The topological polar surface area (TPSA) is 50.4 Å². The van der Waals surface area contributed by atoms with Gasteiger partial charge in [0.2, 0.25) is 0 Å². The summed E-state index contributed by atoms with van der Waals surface area (Å²) in [4.78, 5) is 13.1. The van der Waals surface area contributed by atoms with Gasteiger partial charge in [0.05, 0.1) is 6.61 Å². The van der Waals surface area contributed by atoms with Gasteiger partial charge in [-0.2, -0.15) is 0 Å². The molecule has 1 aliphatic rings. The molecule has 0 bridgehead atoms. The number of fused-ring (bicyclic) bond motifs is 1. The van der Waals surface area contributed by atoms with Crippen LogP contribution in [-0.4, -0.2) is 12.5 Å². The summed E-state index contributed by atoms with van der Waals surface area (Å²) in [7, 11) is 0. The van der Waals surface area contributed by atoms with Gasteiger partial charge in [0, 0.05) is 35.5 Å². The Labute approximate surface area is 206 Å². The van der Waals surface area contributed by atoms with Crippen molar-refractivity contribution < 1.29 is 9.53 Å². The van der Waals surface area contributed by atoms with E-state index in [2.05, 4.69) is 54.0 Å². The number of carbonyl (C=O) groups is 1. The van der Waals surface area contributed by atoms with Crippen LogP contribution in [0.25, 0.3) is 17.2 Å². The van der Waals surface area contributed by atoms with E-state index < -0.39 is 0 Å². The van der Waals surface area contributed by atoms with Crippen LogP contribution >= 0.6 is 0 Å². The first kappa shape index (κ1) is 22.5. The molecule has 4 nitrogen and oxygen atoms in total. The molecule has 2 N–H and O–H groups in total. The number of rotatable bonds is 6. The second kappa shape index (κ2) is 10.3. The molecule has 0 atom stereocenters. The highest BCUT2D eigenvalue weighted by atomic mass is 16.5. The van der Waals surface area contributed by atoms with E-state index in [1.54, 1.807) is 0 Å². The number of carbonyl (C=O) groups excluding carboxylic acids is 1. The van der Waals surface area contributed by atoms with Gasteiger partial charge in [-0.05, 0) is 66.1 Å². The van der Waals surface area contributed by atoms with Crippen molar-refractivity contribution in [1.29, 1.82) is 0 Å². The Morgan fingerprint density at radius 3 is 2.34 bits per heavy atom. The minimum absolute atomic E-state index is 0.0997. The van der Waals surface area contributed by atoms with E-state index in [1.165, 1.54) is 5.56 Å². The Hall–Kier alpha value is -4.31. The number of hydrogen-bond acceptors (Lipinski definition) is 3. The number of amides is 1. The van der Waals surface area contributed by atoms with Crippen LogP contribution in [0, 0.1) is 6.92 Å². The number of aryl methyl sites for hydroxylation is 1. The summed E-state index contributed by atoms with van der Waals surface area (Å²) in [6.45, 7) is 3.28. The standard InChI is InChI=1S/C31H28N2O2/c1-22-7-11-24(12-8-22)25-13-16-30-27(19-25)20-26(17-18-35-30)31(34)33-29-14-9-23(10-15-29)21-32-28-5-3-2-4-6-28/h2-16,19-20,32H,17-18,21H2,1H3,(H,33,34). The maximum absolute atomic E-state index is 13.1. The van der Waals surface area contributed by atoms with E-state index in [0.29, 0.717) is 18.6 Å². The molecule has 0 spiro atoms. The zero-order valence-corrected chi connectivity index (χ0v) is 19.8. The predicted octanol–water partition coefficient (Wildman–Crippen LogP) is 7.08. The first-order valence-corrected chi connectivity index (χ1v) is 11.9. The summed E-state index contributed by atoms with van der Waals surface area (Å²) in [5, 5.41) is 6.44. The van der Waals surface area contributed by atoms with Crippen molar-refractivity contribution in [1.82, 2.24) is 0 Å². The molecule has 174 valence electrons. The Balaban J connectivity index is 1.28. The molecule has 5 rings (SSSR count). The zero-order chi connectivity index (χ0) is 24.0. The molecule has 0 saturated heterocycles. The molecule has 0 saturated carbocycles. The van der Waals surface area contributed by atoms with Gasteiger partial charge in [-0.3, -0.25) is 4.79 Å². The van der Waals surface area contributed by atoms with E-state index in [1.807, 2.05) is 66.7 Å². The van der Waals surface area contributed by atoms with Crippen LogP contribution in [0.3, 0.4) is 0 Å². The molecule has 0 aromatic heterocycles. The highest BCUT2D eigenvalue weighted by Gasteiger charge is 2.16. The smallest absolute Gasteiger partial charge is 0.251 e. The fraction of sp³-hybridized carbons (Fsp3) is 0.129. The van der Waals surface area contributed by atoms with Crippen LogP contribution in [0.5, 0.6) is 5.75 Å². The number of benzene rings is 4. The van der Waals surface area contributed by atoms with E-state index >= 15 is 0 Å². The number of ether oxygens (including phenoxy) is 1. The predicted molar refractivity (Wildman–Crippen MR) is 144 cm³/mol. The van der Waals surface area contributed by atoms with Gasteiger partial charge in [0.1, 0.15) is 5.75 Å². The molecule has 0 radical (unpaired) electrons. The van der Waals surface area contributed by atoms with Crippen molar-refractivity contribution in [3.8, 4) is 16.9 Å². The van der Waals surface area contributed by atoms with E-state index in [-0.39, 0.29) is 5.91 Å². The van der Waals surface area contributed by atoms with Gasteiger partial charge >= 0.3 is 0 Å². The summed E-state index contributed by atoms with van der Waals surface area (Å²) in [5.41, 5.74) is 8.11. The lowest BCUT2D eigenvalue weighted by molar-refractivity contribution is -0.113. The lowest BCUT2D eigenvalue weighted by Gasteiger charge is -2.10. The molecule has 4 aromatic carbocycles. The van der Waals surface area contributed by atoms with Gasteiger partial charge in [-0.25, -0.2) is 0 Å². The summed E-state index contributed by atoms with van der Waals surface area (Å²) >= 11 is 0. The molecule has 0 fully saturated rings. The van der Waals surface area contributed by atoms with E-state index in [0.717, 1.165) is 45.9 Å². The number of para-hydroxylation sites is 1. The normalized spacial score (nSPS) is 12.5. The molecule has 4 heteroatoms. The van der Waals surface area contributed by atoms with E-state index in [4.69, 9.17) is 4.74 Å². The summed E-state index contributed by atoms with van der Waals surface area (Å²) in [6, 6.07) is 32.6. The third kappa shape index (κ3) is 5.61. The molecule has 4 aromatic rings. The number of nitrogens with one attached hydrogen (secondary N) is 2. The number of anilines is 2. The maximum atomic E-state index is 13.1. The molecule has 0 unspecified atom stereocenters. The van der Waals surface area contributed by atoms with Crippen LogP contribution in [0.2, 0.25) is 0 Å². The Bertz CT molecular complexity index is 1340. The maximum Gasteiger partial charge on any atom is 0.251 e. The average Bonchev–Trinajstić information content (AvgIpc) is 3.11. The van der Waals surface area contributed by atoms with Crippen LogP contribution in [0.4, 0.5) is 11.4 Å². The van der Waals surface area contributed by atoms with Gasteiger partial charge < -0.3 is 15.4 Å². The van der Waals surface area contributed by atoms with Crippen molar-refractivity contribution in [2.75, 3.05) is 17.2 Å². The molecule has 1 amide bonds. The van der Waals surface area contributed by atoms with E-state index in [9.17, 15) is 4.79 Å². The highest BCUT2D eigenvalue weighted by Crippen LogP contribution is 2.31. The molecule has 0 aliphatic carbocycles. The van der Waals surface area contributed by atoms with Gasteiger partial charge in [0.25, 0.3) is 5.91 Å². The van der Waals surface area contributed by atoms with Crippen molar-refractivity contribution in [2.24, 2.45) is 0 Å². The highest BCUT2D eigenvalue weighted by molar-refractivity contribution is 6.07. The van der Waals surface area contributed by atoms with Gasteiger partial charge in [-0.1, -0.05) is 66.2 Å². The quantitative estimate of drug-likeness (QED) is 0.323. The van der Waals surface area contributed by atoms with Crippen LogP contribution in [0.1, 0.15) is 23.1 Å². The summed E-state index contributed by atoms with van der Waals surface area (Å²) in [6.07, 6.45) is 2.51.